The van der Waals surface area contributed by atoms with Gasteiger partial charge >= 0.3 is 0 Å². The van der Waals surface area contributed by atoms with Gasteiger partial charge in [-0.3, -0.25) is 4.39 Å². The fourth-order valence-electron chi connectivity index (χ4n) is 1.78. The van der Waals surface area contributed by atoms with E-state index in [2.05, 4.69) is 48.5 Å². The monoisotopic (exact) mass is 285 g/mol. The molecule has 0 bridgehead atoms. The third-order valence-electron chi connectivity index (χ3n) is 2.88. The molecule has 0 aromatic heterocycles. The molecule has 0 radical (unpaired) electrons. The van der Waals surface area contributed by atoms with E-state index >= 15 is 0 Å². The Kier molecular flexibility index (Phi) is 8.51. The summed E-state index contributed by atoms with van der Waals surface area (Å²) in [6, 6.07) is 22.6. The van der Waals surface area contributed by atoms with Gasteiger partial charge in [0, 0.05) is 0 Å². The molecule has 2 rings (SSSR count). The Morgan fingerprint density at radius 3 is 1.81 bits per heavy atom. The fourth-order valence-corrected chi connectivity index (χ4v) is 1.78. The van der Waals surface area contributed by atoms with Gasteiger partial charge in [-0.25, -0.2) is 0 Å². The van der Waals surface area contributed by atoms with Crippen LogP contribution < -0.4 is 0 Å². The van der Waals surface area contributed by atoms with E-state index in [1.54, 1.807) is 6.07 Å². The minimum atomic E-state index is -0.634. The Balaban J connectivity index is 0.000000222. The predicted octanol–water partition coefficient (Wildman–Crippen LogP) is 4.36. The predicted molar refractivity (Wildman–Crippen MR) is 83.3 cm³/mol. The van der Waals surface area contributed by atoms with Gasteiger partial charge in [0.25, 0.3) is 0 Å². The second kappa shape index (κ2) is 10.6. The van der Waals surface area contributed by atoms with E-state index in [1.807, 2.05) is 12.1 Å². The van der Waals surface area contributed by atoms with Crippen molar-refractivity contribution in [1.29, 1.82) is 5.26 Å². The molecule has 21 heavy (non-hydrogen) atoms. The molecule has 1 atom stereocenters. The molecule has 0 saturated carbocycles. The average molecular weight is 285 g/mol. The molecule has 110 valence electrons. The van der Waals surface area contributed by atoms with E-state index in [4.69, 9.17) is 10.4 Å². The molecule has 0 amide bonds. The molecule has 0 saturated heterocycles. The first kappa shape index (κ1) is 16.9. The van der Waals surface area contributed by atoms with E-state index in [-0.39, 0.29) is 6.42 Å². The number of nitriles is 1. The fraction of sp³-hybridized carbons (Fsp3) is 0.278. The summed E-state index contributed by atoms with van der Waals surface area (Å²) in [6.45, 7) is -0.414. The molecule has 3 heteroatoms. The zero-order valence-electron chi connectivity index (χ0n) is 12.0. The van der Waals surface area contributed by atoms with Gasteiger partial charge in [-0.1, -0.05) is 60.7 Å². The largest absolute Gasteiger partial charge is 0.392 e. The van der Waals surface area contributed by atoms with Crippen LogP contribution in [0.1, 0.15) is 19.3 Å². The van der Waals surface area contributed by atoms with E-state index in [0.717, 1.165) is 0 Å². The van der Waals surface area contributed by atoms with Crippen molar-refractivity contribution in [2.45, 2.75) is 25.4 Å². The van der Waals surface area contributed by atoms with Crippen LogP contribution >= 0.6 is 0 Å². The maximum Gasteiger partial charge on any atom is 0.0895 e. The summed E-state index contributed by atoms with van der Waals surface area (Å²) in [7, 11) is 0. The highest BCUT2D eigenvalue weighted by atomic mass is 19.1. The molecule has 2 aromatic rings. The van der Waals surface area contributed by atoms with E-state index in [1.165, 1.54) is 11.1 Å². The molecular weight excluding hydrogens is 265 g/mol. The van der Waals surface area contributed by atoms with Gasteiger partial charge in [-0.05, 0) is 24.0 Å². The molecule has 2 nitrogen and oxygen atoms in total. The van der Waals surface area contributed by atoms with Crippen molar-refractivity contribution >= 4 is 0 Å². The van der Waals surface area contributed by atoms with Crippen molar-refractivity contribution in [1.82, 2.24) is 0 Å². The maximum absolute atomic E-state index is 11.4. The second-order valence-electron chi connectivity index (χ2n) is 4.58. The van der Waals surface area contributed by atoms with Crippen molar-refractivity contribution in [3.8, 4) is 17.2 Å². The van der Waals surface area contributed by atoms with E-state index < -0.39 is 12.8 Å². The minimum absolute atomic E-state index is 0.111. The summed E-state index contributed by atoms with van der Waals surface area (Å²) < 4.78 is 11.4. The Hall–Kier alpha value is -2.18. The molecular formula is C18H20FNO. The molecule has 0 heterocycles. The number of nitrogens with zero attached hydrogens (tertiary/aromatic N) is 1. The number of hydrogen-bond acceptors (Lipinski definition) is 2. The average Bonchev–Trinajstić information content (AvgIpc) is 2.55. The van der Waals surface area contributed by atoms with Crippen molar-refractivity contribution in [3.05, 3.63) is 60.7 Å². The van der Waals surface area contributed by atoms with E-state index in [9.17, 15) is 4.39 Å². The van der Waals surface area contributed by atoms with Crippen LogP contribution in [0, 0.1) is 11.3 Å². The number of aliphatic hydroxyl groups is 1. The topological polar surface area (TPSA) is 44.0 Å². The molecule has 0 aliphatic heterocycles. The molecule has 2 aromatic carbocycles. The van der Waals surface area contributed by atoms with Crippen LogP contribution in [-0.4, -0.2) is 17.9 Å². The number of rotatable bonds is 5. The van der Waals surface area contributed by atoms with Gasteiger partial charge in [0.2, 0.25) is 0 Å². The van der Waals surface area contributed by atoms with Crippen LogP contribution in [0.2, 0.25) is 0 Å². The molecule has 0 aliphatic rings. The first-order valence-electron chi connectivity index (χ1n) is 6.99. The Morgan fingerprint density at radius 2 is 1.43 bits per heavy atom. The quantitative estimate of drug-likeness (QED) is 0.886. The minimum Gasteiger partial charge on any atom is -0.392 e. The number of aliphatic hydroxyl groups excluding tert-OH is 1. The lowest BCUT2D eigenvalue weighted by Gasteiger charge is -2.01. The van der Waals surface area contributed by atoms with Crippen molar-refractivity contribution in [3.63, 3.8) is 0 Å². The standard InChI is InChI=1S/C12H10.C6H10FNO/c1-3-7-11(8-4-1)12-9-5-2-6-10-12;7-4-1-2-6(9)3-5-8/h1-10H;6,9H,1-4H2. The molecule has 1 N–H and O–H groups in total. The summed E-state index contributed by atoms with van der Waals surface area (Å²) in [5.74, 6) is 0. The summed E-state index contributed by atoms with van der Waals surface area (Å²) >= 11 is 0. The lowest BCUT2D eigenvalue weighted by Crippen LogP contribution is -2.04. The molecule has 0 spiro atoms. The van der Waals surface area contributed by atoms with Gasteiger partial charge in [0.15, 0.2) is 0 Å². The van der Waals surface area contributed by atoms with Crippen LogP contribution in [0.15, 0.2) is 60.7 Å². The highest BCUT2D eigenvalue weighted by Crippen LogP contribution is 2.17. The van der Waals surface area contributed by atoms with Gasteiger partial charge in [0.05, 0.1) is 25.3 Å². The zero-order valence-corrected chi connectivity index (χ0v) is 12.0. The third-order valence-corrected chi connectivity index (χ3v) is 2.88. The molecule has 1 unspecified atom stereocenters. The summed E-state index contributed by atoms with van der Waals surface area (Å²) in [5, 5.41) is 16.8. The van der Waals surface area contributed by atoms with Gasteiger partial charge < -0.3 is 5.11 Å². The van der Waals surface area contributed by atoms with E-state index in [0.29, 0.717) is 12.8 Å². The number of halogens is 1. The summed E-state index contributed by atoms with van der Waals surface area (Å²) in [4.78, 5) is 0. The number of alkyl halides is 1. The van der Waals surface area contributed by atoms with Gasteiger partial charge in [0.1, 0.15) is 0 Å². The molecule has 0 fully saturated rings. The van der Waals surface area contributed by atoms with Crippen LogP contribution in [0.3, 0.4) is 0 Å². The Morgan fingerprint density at radius 1 is 0.952 bits per heavy atom. The SMILES string of the molecule is N#CCC(O)CCCF.c1ccc(-c2ccccc2)cc1. The smallest absolute Gasteiger partial charge is 0.0895 e. The maximum atomic E-state index is 11.4. The Labute approximate surface area is 125 Å². The lowest BCUT2D eigenvalue weighted by atomic mass is 10.1. The zero-order chi connectivity index (χ0) is 15.3. The van der Waals surface area contributed by atoms with Crippen LogP contribution in [-0.2, 0) is 0 Å². The van der Waals surface area contributed by atoms with Crippen molar-refractivity contribution in [2.75, 3.05) is 6.67 Å². The highest BCUT2D eigenvalue weighted by Gasteiger charge is 2.00. The third kappa shape index (κ3) is 7.24. The summed E-state index contributed by atoms with van der Waals surface area (Å²) in [5.41, 5.74) is 2.55. The highest BCUT2D eigenvalue weighted by molar-refractivity contribution is 5.62. The normalized spacial score (nSPS) is 10.9. The summed E-state index contributed by atoms with van der Waals surface area (Å²) in [6.07, 6.45) is 0.221. The first-order valence-corrected chi connectivity index (χ1v) is 6.99. The van der Waals surface area contributed by atoms with Crippen LogP contribution in [0.25, 0.3) is 11.1 Å². The van der Waals surface area contributed by atoms with Gasteiger partial charge in [-0.2, -0.15) is 5.26 Å². The van der Waals surface area contributed by atoms with Gasteiger partial charge in [-0.15, -0.1) is 0 Å². The molecule has 0 aliphatic carbocycles. The number of benzene rings is 2. The van der Waals surface area contributed by atoms with Crippen molar-refractivity contribution in [2.24, 2.45) is 0 Å². The van der Waals surface area contributed by atoms with Crippen LogP contribution in [0.5, 0.6) is 0 Å². The lowest BCUT2D eigenvalue weighted by molar-refractivity contribution is 0.163. The Bertz CT molecular complexity index is 484. The van der Waals surface area contributed by atoms with Crippen molar-refractivity contribution < 1.29 is 9.50 Å². The van der Waals surface area contributed by atoms with Crippen LogP contribution in [0.4, 0.5) is 4.39 Å². The number of hydrogen-bond donors (Lipinski definition) is 1. The second-order valence-corrected chi connectivity index (χ2v) is 4.58. The first-order chi connectivity index (χ1) is 10.3.